The highest BCUT2D eigenvalue weighted by Crippen LogP contribution is 2.18. The van der Waals surface area contributed by atoms with Crippen LogP contribution < -0.4 is 5.32 Å². The minimum atomic E-state index is -0.257. The van der Waals surface area contributed by atoms with Crippen LogP contribution in [0.1, 0.15) is 72.1 Å². The molecule has 0 saturated heterocycles. The number of nitrogens with zero attached hydrogens (tertiary/aromatic N) is 4. The van der Waals surface area contributed by atoms with Crippen molar-refractivity contribution in [2.75, 3.05) is 19.6 Å². The standard InChI is InChI=1S/C25H35N5O3/c1-5-19(4)26-23(31)12-15-28(6-2)24(32)21-16-22-25(33)29(13-7-14-30(22)27-21)17-20-10-8-18(3)9-11-20/h8-11,16,19H,5-7,12-15,17H2,1-4H3,(H,26,31). The topological polar surface area (TPSA) is 87.5 Å². The maximum absolute atomic E-state index is 13.2. The minimum absolute atomic E-state index is 0.0712. The Morgan fingerprint density at radius 3 is 2.58 bits per heavy atom. The number of hydrogen-bond acceptors (Lipinski definition) is 4. The highest BCUT2D eigenvalue weighted by Gasteiger charge is 2.28. The van der Waals surface area contributed by atoms with Gasteiger partial charge in [0.05, 0.1) is 0 Å². The molecule has 2 heterocycles. The first kappa shape index (κ1) is 24.5. The van der Waals surface area contributed by atoms with Crippen molar-refractivity contribution in [3.63, 3.8) is 0 Å². The van der Waals surface area contributed by atoms with E-state index in [-0.39, 0.29) is 35.9 Å². The van der Waals surface area contributed by atoms with Crippen molar-refractivity contribution in [3.8, 4) is 0 Å². The van der Waals surface area contributed by atoms with E-state index >= 15 is 0 Å². The average Bonchev–Trinajstić information content (AvgIpc) is 3.17. The van der Waals surface area contributed by atoms with Crippen molar-refractivity contribution in [2.24, 2.45) is 0 Å². The molecule has 0 saturated carbocycles. The molecular weight excluding hydrogens is 418 g/mol. The molecule has 178 valence electrons. The molecule has 8 heteroatoms. The largest absolute Gasteiger partial charge is 0.354 e. The Morgan fingerprint density at radius 2 is 1.91 bits per heavy atom. The zero-order valence-electron chi connectivity index (χ0n) is 20.1. The zero-order chi connectivity index (χ0) is 24.0. The van der Waals surface area contributed by atoms with E-state index in [1.807, 2.05) is 56.9 Å². The van der Waals surface area contributed by atoms with Crippen molar-refractivity contribution >= 4 is 17.7 Å². The number of carbonyl (C=O) groups excluding carboxylic acids is 3. The highest BCUT2D eigenvalue weighted by atomic mass is 16.2. The third-order valence-corrected chi connectivity index (χ3v) is 6.09. The maximum Gasteiger partial charge on any atom is 0.274 e. The van der Waals surface area contributed by atoms with Gasteiger partial charge in [0.2, 0.25) is 5.91 Å². The SMILES string of the molecule is CCC(C)NC(=O)CCN(CC)C(=O)c1cc2n(n1)CCCN(Cc1ccc(C)cc1)C2=O. The quantitative estimate of drug-likeness (QED) is 0.632. The van der Waals surface area contributed by atoms with E-state index in [1.54, 1.807) is 15.6 Å². The van der Waals surface area contributed by atoms with E-state index in [4.69, 9.17) is 0 Å². The van der Waals surface area contributed by atoms with Gasteiger partial charge in [0, 0.05) is 51.3 Å². The molecule has 3 amide bonds. The summed E-state index contributed by atoms with van der Waals surface area (Å²) >= 11 is 0. The molecule has 0 bridgehead atoms. The monoisotopic (exact) mass is 453 g/mol. The van der Waals surface area contributed by atoms with Crippen LogP contribution in [0.25, 0.3) is 0 Å². The zero-order valence-corrected chi connectivity index (χ0v) is 20.1. The van der Waals surface area contributed by atoms with Crippen LogP contribution in [0, 0.1) is 6.92 Å². The Bertz CT molecular complexity index is 982. The summed E-state index contributed by atoms with van der Waals surface area (Å²) in [5.74, 6) is -0.443. The van der Waals surface area contributed by atoms with Crippen molar-refractivity contribution in [3.05, 3.63) is 52.8 Å². The molecular formula is C25H35N5O3. The lowest BCUT2D eigenvalue weighted by atomic mass is 10.1. The van der Waals surface area contributed by atoms with Gasteiger partial charge in [-0.1, -0.05) is 36.8 Å². The molecule has 1 aromatic heterocycles. The molecule has 0 spiro atoms. The van der Waals surface area contributed by atoms with Crippen LogP contribution in [-0.4, -0.2) is 63.0 Å². The van der Waals surface area contributed by atoms with Gasteiger partial charge in [0.1, 0.15) is 5.69 Å². The Labute approximate surface area is 195 Å². The van der Waals surface area contributed by atoms with Crippen LogP contribution in [-0.2, 0) is 17.9 Å². The van der Waals surface area contributed by atoms with Crippen molar-refractivity contribution in [1.29, 1.82) is 0 Å². The fraction of sp³-hybridized carbons (Fsp3) is 0.520. The molecule has 8 nitrogen and oxygen atoms in total. The Balaban J connectivity index is 1.69. The third-order valence-electron chi connectivity index (χ3n) is 6.09. The lowest BCUT2D eigenvalue weighted by Gasteiger charge is -2.21. The normalized spacial score (nSPS) is 14.4. The summed E-state index contributed by atoms with van der Waals surface area (Å²) in [7, 11) is 0. The molecule has 0 radical (unpaired) electrons. The third kappa shape index (κ3) is 6.21. The van der Waals surface area contributed by atoms with E-state index in [0.29, 0.717) is 38.4 Å². The fourth-order valence-electron chi connectivity index (χ4n) is 3.85. The fourth-order valence-corrected chi connectivity index (χ4v) is 3.85. The lowest BCUT2D eigenvalue weighted by Crippen LogP contribution is -2.37. The van der Waals surface area contributed by atoms with Crippen molar-refractivity contribution < 1.29 is 14.4 Å². The predicted octanol–water partition coefficient (Wildman–Crippen LogP) is 3.00. The van der Waals surface area contributed by atoms with Gasteiger partial charge in [-0.15, -0.1) is 0 Å². The average molecular weight is 454 g/mol. The van der Waals surface area contributed by atoms with E-state index < -0.39 is 0 Å². The predicted molar refractivity (Wildman–Crippen MR) is 127 cm³/mol. The van der Waals surface area contributed by atoms with Gasteiger partial charge >= 0.3 is 0 Å². The van der Waals surface area contributed by atoms with E-state index in [9.17, 15) is 14.4 Å². The summed E-state index contributed by atoms with van der Waals surface area (Å²) in [5, 5.41) is 7.37. The number of benzene rings is 1. The molecule has 1 atom stereocenters. The maximum atomic E-state index is 13.2. The summed E-state index contributed by atoms with van der Waals surface area (Å²) in [5.41, 5.74) is 2.94. The molecule has 1 aliphatic rings. The van der Waals surface area contributed by atoms with Gasteiger partial charge in [0.15, 0.2) is 5.69 Å². The molecule has 33 heavy (non-hydrogen) atoms. The summed E-state index contributed by atoms with van der Waals surface area (Å²) < 4.78 is 1.65. The Morgan fingerprint density at radius 1 is 1.18 bits per heavy atom. The van der Waals surface area contributed by atoms with Crippen LogP contribution >= 0.6 is 0 Å². The van der Waals surface area contributed by atoms with Crippen LogP contribution in [0.3, 0.4) is 0 Å². The molecule has 3 rings (SSSR count). The second-order valence-corrected chi connectivity index (χ2v) is 8.72. The van der Waals surface area contributed by atoms with Gasteiger partial charge in [-0.05, 0) is 39.2 Å². The summed E-state index contributed by atoms with van der Waals surface area (Å²) in [6.45, 7) is 10.4. The minimum Gasteiger partial charge on any atom is -0.354 e. The first-order valence-corrected chi connectivity index (χ1v) is 11.8. The number of amides is 3. The van der Waals surface area contributed by atoms with Crippen molar-refractivity contribution in [2.45, 2.75) is 66.1 Å². The van der Waals surface area contributed by atoms with Crippen LogP contribution in [0.5, 0.6) is 0 Å². The van der Waals surface area contributed by atoms with E-state index in [2.05, 4.69) is 10.4 Å². The second kappa shape index (κ2) is 11.1. The first-order chi connectivity index (χ1) is 15.8. The van der Waals surface area contributed by atoms with Gasteiger partial charge in [0.25, 0.3) is 11.8 Å². The summed E-state index contributed by atoms with van der Waals surface area (Å²) in [6.07, 6.45) is 1.87. The Kier molecular flexibility index (Phi) is 8.25. The van der Waals surface area contributed by atoms with Crippen molar-refractivity contribution in [1.82, 2.24) is 24.9 Å². The molecule has 1 unspecified atom stereocenters. The van der Waals surface area contributed by atoms with E-state index in [1.165, 1.54) is 5.56 Å². The van der Waals surface area contributed by atoms with Gasteiger partial charge in [-0.2, -0.15) is 5.10 Å². The van der Waals surface area contributed by atoms with Gasteiger partial charge in [-0.3, -0.25) is 19.1 Å². The molecule has 2 aromatic rings. The summed E-state index contributed by atoms with van der Waals surface area (Å²) in [6, 6.07) is 9.87. The number of carbonyl (C=O) groups is 3. The number of rotatable bonds is 9. The molecule has 0 aliphatic carbocycles. The number of aryl methyl sites for hydroxylation is 2. The smallest absolute Gasteiger partial charge is 0.274 e. The van der Waals surface area contributed by atoms with Gasteiger partial charge < -0.3 is 15.1 Å². The first-order valence-electron chi connectivity index (χ1n) is 11.8. The van der Waals surface area contributed by atoms with Gasteiger partial charge in [-0.25, -0.2) is 0 Å². The lowest BCUT2D eigenvalue weighted by molar-refractivity contribution is -0.121. The number of aromatic nitrogens is 2. The second-order valence-electron chi connectivity index (χ2n) is 8.72. The number of nitrogens with one attached hydrogen (secondary N) is 1. The molecule has 0 fully saturated rings. The van der Waals surface area contributed by atoms with E-state index in [0.717, 1.165) is 18.4 Å². The molecule has 1 aliphatic heterocycles. The summed E-state index contributed by atoms with van der Waals surface area (Å²) in [4.78, 5) is 41.8. The van der Waals surface area contributed by atoms with Crippen LogP contribution in [0.4, 0.5) is 0 Å². The number of hydrogen-bond donors (Lipinski definition) is 1. The van der Waals surface area contributed by atoms with Crippen LogP contribution in [0.15, 0.2) is 30.3 Å². The molecule has 1 N–H and O–H groups in total. The molecule has 1 aromatic carbocycles. The number of fused-ring (bicyclic) bond motifs is 1. The van der Waals surface area contributed by atoms with Crippen LogP contribution in [0.2, 0.25) is 0 Å². The highest BCUT2D eigenvalue weighted by molar-refractivity contribution is 5.98. The Hall–Kier alpha value is -3.16.